The monoisotopic (exact) mass is 345 g/mol. The number of amides is 3. The van der Waals surface area contributed by atoms with E-state index in [9.17, 15) is 9.59 Å². The summed E-state index contributed by atoms with van der Waals surface area (Å²) in [5, 5.41) is 5.83. The third kappa shape index (κ3) is 5.46. The molecular weight excluding hydrogens is 318 g/mol. The van der Waals surface area contributed by atoms with Crippen molar-refractivity contribution in [3.05, 3.63) is 29.8 Å². The van der Waals surface area contributed by atoms with E-state index in [4.69, 9.17) is 4.74 Å². The highest BCUT2D eigenvalue weighted by atomic mass is 16.5. The molecule has 0 bridgehead atoms. The lowest BCUT2D eigenvalue weighted by Crippen LogP contribution is -2.41. The standard InChI is InChI=1S/C19H27N3O3/c23-18(22-11-1-2-12-22)8-5-15-3-6-16(7-4-15)20-19(24)21-17-9-13-25-14-10-17/h3-4,6-7,17H,1-2,5,8-14H2,(H2,20,21,24). The molecule has 6 heteroatoms. The molecule has 2 fully saturated rings. The molecule has 3 rings (SSSR count). The first-order valence-corrected chi connectivity index (χ1v) is 9.23. The lowest BCUT2D eigenvalue weighted by Gasteiger charge is -2.23. The number of aryl methyl sites for hydroxylation is 1. The fourth-order valence-electron chi connectivity index (χ4n) is 3.33. The van der Waals surface area contributed by atoms with Crippen LogP contribution in [0, 0.1) is 0 Å². The summed E-state index contributed by atoms with van der Waals surface area (Å²) >= 11 is 0. The molecule has 25 heavy (non-hydrogen) atoms. The van der Waals surface area contributed by atoms with Gasteiger partial charge in [-0.2, -0.15) is 0 Å². The van der Waals surface area contributed by atoms with Crippen LogP contribution in [-0.2, 0) is 16.0 Å². The van der Waals surface area contributed by atoms with E-state index in [0.29, 0.717) is 19.6 Å². The van der Waals surface area contributed by atoms with Gasteiger partial charge in [-0.05, 0) is 49.8 Å². The summed E-state index contributed by atoms with van der Waals surface area (Å²) in [6, 6.07) is 7.73. The molecule has 0 spiro atoms. The number of hydrogen-bond donors (Lipinski definition) is 2. The van der Waals surface area contributed by atoms with Crippen molar-refractivity contribution in [1.82, 2.24) is 10.2 Å². The van der Waals surface area contributed by atoms with Gasteiger partial charge < -0.3 is 20.3 Å². The summed E-state index contributed by atoms with van der Waals surface area (Å²) in [5.41, 5.74) is 1.88. The number of carbonyl (C=O) groups is 2. The third-order valence-electron chi connectivity index (χ3n) is 4.85. The largest absolute Gasteiger partial charge is 0.381 e. The fraction of sp³-hybridized carbons (Fsp3) is 0.579. The summed E-state index contributed by atoms with van der Waals surface area (Å²) in [7, 11) is 0. The molecule has 2 aliphatic heterocycles. The van der Waals surface area contributed by atoms with Gasteiger partial charge in [0, 0.05) is 44.5 Å². The van der Waals surface area contributed by atoms with Crippen molar-refractivity contribution in [1.29, 1.82) is 0 Å². The highest BCUT2D eigenvalue weighted by Gasteiger charge is 2.18. The lowest BCUT2D eigenvalue weighted by molar-refractivity contribution is -0.130. The van der Waals surface area contributed by atoms with E-state index in [0.717, 1.165) is 56.4 Å². The van der Waals surface area contributed by atoms with Crippen molar-refractivity contribution in [2.45, 2.75) is 44.6 Å². The highest BCUT2D eigenvalue weighted by Crippen LogP contribution is 2.14. The van der Waals surface area contributed by atoms with Crippen molar-refractivity contribution in [3.63, 3.8) is 0 Å². The molecule has 0 aliphatic carbocycles. The van der Waals surface area contributed by atoms with Crippen LogP contribution in [0.25, 0.3) is 0 Å². The number of likely N-dealkylation sites (tertiary alicyclic amines) is 1. The van der Waals surface area contributed by atoms with E-state index in [-0.39, 0.29) is 18.0 Å². The summed E-state index contributed by atoms with van der Waals surface area (Å²) in [5.74, 6) is 0.246. The van der Waals surface area contributed by atoms with Crippen LogP contribution in [0.2, 0.25) is 0 Å². The van der Waals surface area contributed by atoms with Gasteiger partial charge in [-0.3, -0.25) is 4.79 Å². The molecule has 6 nitrogen and oxygen atoms in total. The molecule has 3 amide bonds. The number of nitrogens with one attached hydrogen (secondary N) is 2. The van der Waals surface area contributed by atoms with Crippen LogP contribution >= 0.6 is 0 Å². The van der Waals surface area contributed by atoms with Crippen molar-refractivity contribution in [3.8, 4) is 0 Å². The number of rotatable bonds is 5. The molecule has 1 aromatic carbocycles. The Hall–Kier alpha value is -2.08. The molecule has 2 aliphatic rings. The van der Waals surface area contributed by atoms with Crippen LogP contribution in [0.1, 0.15) is 37.7 Å². The molecule has 2 N–H and O–H groups in total. The van der Waals surface area contributed by atoms with Crippen molar-refractivity contribution < 1.29 is 14.3 Å². The molecule has 136 valence electrons. The molecule has 2 saturated heterocycles. The van der Waals surface area contributed by atoms with E-state index < -0.39 is 0 Å². The Morgan fingerprint density at radius 3 is 2.44 bits per heavy atom. The maximum Gasteiger partial charge on any atom is 0.319 e. The van der Waals surface area contributed by atoms with Crippen molar-refractivity contribution >= 4 is 17.6 Å². The Morgan fingerprint density at radius 1 is 1.08 bits per heavy atom. The number of ether oxygens (including phenoxy) is 1. The fourth-order valence-corrected chi connectivity index (χ4v) is 3.33. The third-order valence-corrected chi connectivity index (χ3v) is 4.85. The zero-order valence-electron chi connectivity index (χ0n) is 14.6. The normalized spacial score (nSPS) is 18.2. The van der Waals surface area contributed by atoms with E-state index in [1.165, 1.54) is 0 Å². The van der Waals surface area contributed by atoms with Gasteiger partial charge in [0.15, 0.2) is 0 Å². The first-order valence-electron chi connectivity index (χ1n) is 9.23. The van der Waals surface area contributed by atoms with Gasteiger partial charge in [-0.15, -0.1) is 0 Å². The molecule has 0 unspecified atom stereocenters. The maximum atomic E-state index is 12.1. The predicted molar refractivity (Wildman–Crippen MR) is 96.6 cm³/mol. The number of hydrogen-bond acceptors (Lipinski definition) is 3. The Balaban J connectivity index is 1.41. The molecule has 0 radical (unpaired) electrons. The molecule has 0 saturated carbocycles. The second-order valence-electron chi connectivity index (χ2n) is 6.77. The predicted octanol–water partition coefficient (Wildman–Crippen LogP) is 2.54. The first kappa shape index (κ1) is 17.7. The highest BCUT2D eigenvalue weighted by molar-refractivity contribution is 5.89. The number of nitrogens with zero attached hydrogens (tertiary/aromatic N) is 1. The van der Waals surface area contributed by atoms with Gasteiger partial charge in [-0.25, -0.2) is 4.79 Å². The molecular formula is C19H27N3O3. The smallest absolute Gasteiger partial charge is 0.319 e. The number of benzene rings is 1. The Bertz CT molecular complexity index is 576. The minimum atomic E-state index is -0.177. The van der Waals surface area contributed by atoms with E-state index in [1.807, 2.05) is 29.2 Å². The van der Waals surface area contributed by atoms with Crippen LogP contribution in [0.5, 0.6) is 0 Å². The number of carbonyl (C=O) groups excluding carboxylic acids is 2. The minimum Gasteiger partial charge on any atom is -0.381 e. The average molecular weight is 345 g/mol. The van der Waals surface area contributed by atoms with E-state index in [2.05, 4.69) is 10.6 Å². The lowest BCUT2D eigenvalue weighted by atomic mass is 10.1. The van der Waals surface area contributed by atoms with Crippen molar-refractivity contribution in [2.75, 3.05) is 31.6 Å². The van der Waals surface area contributed by atoms with Gasteiger partial charge in [0.25, 0.3) is 0 Å². The molecule has 2 heterocycles. The zero-order valence-corrected chi connectivity index (χ0v) is 14.6. The number of anilines is 1. The molecule has 1 aromatic rings. The first-order chi connectivity index (χ1) is 12.2. The van der Waals surface area contributed by atoms with Crippen LogP contribution in [0.3, 0.4) is 0 Å². The minimum absolute atomic E-state index is 0.177. The van der Waals surface area contributed by atoms with Crippen LogP contribution in [-0.4, -0.2) is 49.2 Å². The van der Waals surface area contributed by atoms with Crippen LogP contribution in [0.4, 0.5) is 10.5 Å². The number of urea groups is 1. The summed E-state index contributed by atoms with van der Waals surface area (Å²) in [6.07, 6.45) is 5.26. The zero-order chi connectivity index (χ0) is 17.5. The van der Waals surface area contributed by atoms with Gasteiger partial charge in [0.1, 0.15) is 0 Å². The molecule has 0 atom stereocenters. The Morgan fingerprint density at radius 2 is 1.76 bits per heavy atom. The van der Waals surface area contributed by atoms with Gasteiger partial charge in [0.2, 0.25) is 5.91 Å². The van der Waals surface area contributed by atoms with Gasteiger partial charge in [-0.1, -0.05) is 12.1 Å². The van der Waals surface area contributed by atoms with Gasteiger partial charge >= 0.3 is 6.03 Å². The van der Waals surface area contributed by atoms with Crippen molar-refractivity contribution in [2.24, 2.45) is 0 Å². The van der Waals surface area contributed by atoms with Gasteiger partial charge in [0.05, 0.1) is 0 Å². The van der Waals surface area contributed by atoms with E-state index >= 15 is 0 Å². The quantitative estimate of drug-likeness (QED) is 0.861. The Labute approximate surface area is 148 Å². The second kappa shape index (κ2) is 8.85. The average Bonchev–Trinajstić information content (AvgIpc) is 3.16. The van der Waals surface area contributed by atoms with E-state index in [1.54, 1.807) is 0 Å². The topological polar surface area (TPSA) is 70.7 Å². The van der Waals surface area contributed by atoms with Crippen LogP contribution in [0.15, 0.2) is 24.3 Å². The summed E-state index contributed by atoms with van der Waals surface area (Å²) in [4.78, 5) is 26.0. The maximum absolute atomic E-state index is 12.1. The Kier molecular flexibility index (Phi) is 6.28. The second-order valence-corrected chi connectivity index (χ2v) is 6.77. The van der Waals surface area contributed by atoms with Crippen LogP contribution < -0.4 is 10.6 Å². The molecule has 0 aromatic heterocycles. The SMILES string of the molecule is O=C(Nc1ccc(CCC(=O)N2CCCC2)cc1)NC1CCOCC1. The summed E-state index contributed by atoms with van der Waals surface area (Å²) < 4.78 is 5.29. The summed E-state index contributed by atoms with van der Waals surface area (Å²) in [6.45, 7) is 3.22.